The maximum Gasteiger partial charge on any atom is 0.228 e. The number of ether oxygens (including phenoxy) is 1. The van der Waals surface area contributed by atoms with E-state index >= 15 is 0 Å². The molecule has 1 atom stereocenters. The highest BCUT2D eigenvalue weighted by molar-refractivity contribution is 7.91. The molecule has 1 aromatic carbocycles. The lowest BCUT2D eigenvalue weighted by molar-refractivity contribution is -0.133. The van der Waals surface area contributed by atoms with Gasteiger partial charge < -0.3 is 9.64 Å². The molecule has 2 heterocycles. The Kier molecular flexibility index (Phi) is 6.79. The lowest BCUT2D eigenvalue weighted by Gasteiger charge is -2.27. The second kappa shape index (κ2) is 9.11. The van der Waals surface area contributed by atoms with Gasteiger partial charge in [-0.15, -0.1) is 11.3 Å². The highest BCUT2D eigenvalue weighted by Crippen LogP contribution is 2.20. The molecule has 0 radical (unpaired) electrons. The second-order valence-corrected chi connectivity index (χ2v) is 10.0. The van der Waals surface area contributed by atoms with E-state index in [9.17, 15) is 17.6 Å². The van der Waals surface area contributed by atoms with Crippen LogP contribution in [0.2, 0.25) is 0 Å². The molecule has 2 aromatic rings. The third kappa shape index (κ3) is 5.59. The van der Waals surface area contributed by atoms with Gasteiger partial charge >= 0.3 is 0 Å². The van der Waals surface area contributed by atoms with Gasteiger partial charge in [0, 0.05) is 31.5 Å². The third-order valence-corrected chi connectivity index (χ3v) is 7.35. The summed E-state index contributed by atoms with van der Waals surface area (Å²) in [5, 5.41) is 2.69. The summed E-state index contributed by atoms with van der Waals surface area (Å²) < 4.78 is 41.7. The van der Waals surface area contributed by atoms with Crippen LogP contribution in [0.25, 0.3) is 0 Å². The van der Waals surface area contributed by atoms with Crippen molar-refractivity contribution in [1.82, 2.24) is 9.88 Å². The summed E-state index contributed by atoms with van der Waals surface area (Å²) >= 11 is 1.46. The van der Waals surface area contributed by atoms with Crippen molar-refractivity contribution in [2.45, 2.75) is 25.3 Å². The Bertz CT molecular complexity index is 912. The summed E-state index contributed by atoms with van der Waals surface area (Å²) in [6.07, 6.45) is 1.16. The minimum absolute atomic E-state index is 0.00926. The summed E-state index contributed by atoms with van der Waals surface area (Å²) in [7, 11) is -1.53. The van der Waals surface area contributed by atoms with Gasteiger partial charge in [0.15, 0.2) is 9.84 Å². The maximum absolute atomic E-state index is 13.0. The first-order chi connectivity index (χ1) is 13.4. The number of carbonyl (C=O) groups excluding carboxylic acids is 1. The van der Waals surface area contributed by atoms with E-state index in [-0.39, 0.29) is 35.7 Å². The summed E-state index contributed by atoms with van der Waals surface area (Å²) in [6.45, 7) is 0.720. The molecule has 0 N–H and O–H groups in total. The number of benzene rings is 1. The molecule has 3 rings (SSSR count). The summed E-state index contributed by atoms with van der Waals surface area (Å²) in [5.74, 6) is -0.292. The molecule has 0 aliphatic carbocycles. The van der Waals surface area contributed by atoms with Gasteiger partial charge in [0.2, 0.25) is 5.91 Å². The predicted molar refractivity (Wildman–Crippen MR) is 106 cm³/mol. The van der Waals surface area contributed by atoms with Gasteiger partial charge in [-0.3, -0.25) is 4.79 Å². The topological polar surface area (TPSA) is 76.6 Å². The number of thiazole rings is 1. The van der Waals surface area contributed by atoms with Gasteiger partial charge in [-0.25, -0.2) is 17.8 Å². The molecule has 1 aromatic heterocycles. The zero-order valence-corrected chi connectivity index (χ0v) is 17.3. The van der Waals surface area contributed by atoms with Crippen LogP contribution in [0.1, 0.15) is 22.7 Å². The number of amides is 1. The standard InChI is InChI=1S/C19H23FN2O4S2/c1-26-8-7-22(17-6-9-28(24,25)13-17)19(23)11-16-12-27-18(21-16)10-14-2-4-15(20)5-3-14/h2-5,12,17H,6-11,13H2,1H3. The van der Waals surface area contributed by atoms with E-state index in [4.69, 9.17) is 4.74 Å². The summed E-state index contributed by atoms with van der Waals surface area (Å²) in [4.78, 5) is 19.0. The monoisotopic (exact) mass is 426 g/mol. The SMILES string of the molecule is COCCN(C(=O)Cc1csc(Cc2ccc(F)cc2)n1)C1CCS(=O)(=O)C1. The Balaban J connectivity index is 1.64. The van der Waals surface area contributed by atoms with E-state index in [1.54, 1.807) is 24.1 Å². The lowest BCUT2D eigenvalue weighted by Crippen LogP contribution is -2.43. The van der Waals surface area contributed by atoms with E-state index in [2.05, 4.69) is 4.98 Å². The van der Waals surface area contributed by atoms with Gasteiger partial charge in [0.05, 0.1) is 35.2 Å². The van der Waals surface area contributed by atoms with Crippen molar-refractivity contribution in [2.24, 2.45) is 0 Å². The Morgan fingerprint density at radius 2 is 2.11 bits per heavy atom. The van der Waals surface area contributed by atoms with Crippen molar-refractivity contribution in [3.8, 4) is 0 Å². The number of sulfone groups is 1. The quantitative estimate of drug-likeness (QED) is 0.646. The Hall–Kier alpha value is -1.84. The molecule has 1 amide bonds. The zero-order valence-electron chi connectivity index (χ0n) is 15.6. The highest BCUT2D eigenvalue weighted by atomic mass is 32.2. The van der Waals surface area contributed by atoms with Gasteiger partial charge in [-0.05, 0) is 24.1 Å². The molecule has 1 aliphatic heterocycles. The summed E-state index contributed by atoms with van der Waals surface area (Å²) in [5.41, 5.74) is 1.61. The highest BCUT2D eigenvalue weighted by Gasteiger charge is 2.34. The molecule has 0 spiro atoms. The molecule has 28 heavy (non-hydrogen) atoms. The molecule has 0 saturated carbocycles. The Morgan fingerprint density at radius 3 is 2.75 bits per heavy atom. The van der Waals surface area contributed by atoms with Gasteiger partial charge in [-0.2, -0.15) is 0 Å². The zero-order chi connectivity index (χ0) is 20.1. The smallest absolute Gasteiger partial charge is 0.228 e. The van der Waals surface area contributed by atoms with Crippen LogP contribution in [0.15, 0.2) is 29.6 Å². The molecule has 1 fully saturated rings. The van der Waals surface area contributed by atoms with E-state index in [1.807, 2.05) is 5.38 Å². The van der Waals surface area contributed by atoms with Crippen LogP contribution in [-0.4, -0.2) is 62.0 Å². The number of rotatable bonds is 8. The van der Waals surface area contributed by atoms with Crippen LogP contribution in [0, 0.1) is 5.82 Å². The van der Waals surface area contributed by atoms with Crippen LogP contribution in [-0.2, 0) is 32.2 Å². The number of hydrogen-bond donors (Lipinski definition) is 0. The second-order valence-electron chi connectivity index (χ2n) is 6.85. The molecule has 9 heteroatoms. The number of aromatic nitrogens is 1. The van der Waals surface area contributed by atoms with Crippen LogP contribution in [0.3, 0.4) is 0 Å². The largest absolute Gasteiger partial charge is 0.383 e. The number of hydrogen-bond acceptors (Lipinski definition) is 6. The number of nitrogens with zero attached hydrogens (tertiary/aromatic N) is 2. The number of carbonyl (C=O) groups is 1. The molecule has 1 saturated heterocycles. The number of halogens is 1. The fraction of sp³-hybridized carbons (Fsp3) is 0.474. The first-order valence-corrected chi connectivity index (χ1v) is 11.7. The molecular formula is C19H23FN2O4S2. The Labute approximate surface area is 168 Å². The fourth-order valence-electron chi connectivity index (χ4n) is 3.27. The van der Waals surface area contributed by atoms with Crippen LogP contribution in [0.4, 0.5) is 4.39 Å². The van der Waals surface area contributed by atoms with E-state index in [1.165, 1.54) is 23.5 Å². The van der Waals surface area contributed by atoms with E-state index in [0.717, 1.165) is 10.6 Å². The van der Waals surface area contributed by atoms with Crippen LogP contribution < -0.4 is 0 Å². The molecule has 152 valence electrons. The van der Waals surface area contributed by atoms with Gasteiger partial charge in [0.25, 0.3) is 0 Å². The van der Waals surface area contributed by atoms with E-state index in [0.29, 0.717) is 31.7 Å². The lowest BCUT2D eigenvalue weighted by atomic mass is 10.1. The van der Waals surface area contributed by atoms with E-state index < -0.39 is 9.84 Å². The maximum atomic E-state index is 13.0. The molecular weight excluding hydrogens is 403 g/mol. The van der Waals surface area contributed by atoms with Crippen molar-refractivity contribution in [3.05, 3.63) is 51.7 Å². The predicted octanol–water partition coefficient (Wildman–Crippen LogP) is 2.08. The molecule has 1 aliphatic rings. The van der Waals surface area contributed by atoms with Gasteiger partial charge in [-0.1, -0.05) is 12.1 Å². The summed E-state index contributed by atoms with van der Waals surface area (Å²) in [6, 6.07) is 5.96. The van der Waals surface area contributed by atoms with Gasteiger partial charge in [0.1, 0.15) is 5.82 Å². The molecule has 1 unspecified atom stereocenters. The minimum Gasteiger partial charge on any atom is -0.383 e. The first-order valence-electron chi connectivity index (χ1n) is 9.03. The van der Waals surface area contributed by atoms with Crippen molar-refractivity contribution in [1.29, 1.82) is 0 Å². The average molecular weight is 427 g/mol. The molecule has 6 nitrogen and oxygen atoms in total. The van der Waals surface area contributed by atoms with Crippen LogP contribution >= 0.6 is 11.3 Å². The van der Waals surface area contributed by atoms with Crippen molar-refractivity contribution in [2.75, 3.05) is 31.8 Å². The van der Waals surface area contributed by atoms with Crippen molar-refractivity contribution < 1.29 is 22.3 Å². The van der Waals surface area contributed by atoms with Crippen molar-refractivity contribution in [3.63, 3.8) is 0 Å². The fourth-order valence-corrected chi connectivity index (χ4v) is 5.83. The van der Waals surface area contributed by atoms with Crippen LogP contribution in [0.5, 0.6) is 0 Å². The third-order valence-electron chi connectivity index (χ3n) is 4.71. The average Bonchev–Trinajstić information content (AvgIpc) is 3.23. The first kappa shape index (κ1) is 20.9. The number of methoxy groups -OCH3 is 1. The molecule has 0 bridgehead atoms. The van der Waals surface area contributed by atoms with Crippen molar-refractivity contribution >= 4 is 27.1 Å². The Morgan fingerprint density at radius 1 is 1.36 bits per heavy atom. The normalized spacial score (nSPS) is 18.3. The minimum atomic E-state index is -3.08.